The molecular weight excluding hydrogens is 396 g/mol. The summed E-state index contributed by atoms with van der Waals surface area (Å²) in [7, 11) is 0. The summed E-state index contributed by atoms with van der Waals surface area (Å²) in [5.41, 5.74) is 7.70. The highest BCUT2D eigenvalue weighted by molar-refractivity contribution is 9.10. The maximum atomic E-state index is 6.09. The lowest BCUT2D eigenvalue weighted by atomic mass is 10.1. The van der Waals surface area contributed by atoms with E-state index in [0.717, 1.165) is 27.9 Å². The van der Waals surface area contributed by atoms with Crippen LogP contribution in [0.2, 0.25) is 5.02 Å². The van der Waals surface area contributed by atoms with E-state index in [0.29, 0.717) is 5.02 Å². The van der Waals surface area contributed by atoms with Crippen LogP contribution in [0.15, 0.2) is 67.1 Å². The van der Waals surface area contributed by atoms with E-state index in [-0.39, 0.29) is 12.0 Å². The van der Waals surface area contributed by atoms with E-state index >= 15 is 0 Å². The summed E-state index contributed by atoms with van der Waals surface area (Å²) >= 11 is 11.3. The monoisotopic (exact) mass is 408 g/mol. The molecule has 2 aromatic rings. The topological polar surface area (TPSA) is 63.1 Å². The van der Waals surface area contributed by atoms with E-state index in [1.807, 2.05) is 54.2 Å². The highest BCUT2D eigenvalue weighted by atomic mass is 79.9. The average Bonchev–Trinajstić information content (AvgIpc) is 2.53. The third kappa shape index (κ3) is 4.34. The van der Waals surface area contributed by atoms with Crippen molar-refractivity contribution in [1.29, 1.82) is 0 Å². The second kappa shape index (κ2) is 7.47. The van der Waals surface area contributed by atoms with Crippen molar-refractivity contribution in [1.82, 2.24) is 0 Å². The number of benzene rings is 2. The molecule has 0 bridgehead atoms. The lowest BCUT2D eigenvalue weighted by Crippen LogP contribution is -2.09. The zero-order valence-corrected chi connectivity index (χ0v) is 15.3. The van der Waals surface area contributed by atoms with Crippen molar-refractivity contribution in [2.24, 2.45) is 21.0 Å². The normalized spacial score (nSPS) is 18.2. The molecule has 1 aliphatic heterocycles. The molecule has 1 atom stereocenters. The van der Waals surface area contributed by atoms with E-state index in [9.17, 15) is 0 Å². The van der Waals surface area contributed by atoms with Gasteiger partial charge in [0, 0.05) is 20.1 Å². The van der Waals surface area contributed by atoms with Crippen LogP contribution in [0.1, 0.15) is 18.0 Å². The lowest BCUT2D eigenvalue weighted by molar-refractivity contribution is 0.651. The van der Waals surface area contributed by atoms with Crippen LogP contribution in [0, 0.1) is 0 Å². The minimum Gasteiger partial charge on any atom is -0.366 e. The Labute approximate surface area is 152 Å². The Morgan fingerprint density at radius 1 is 1.26 bits per heavy atom. The molecule has 1 aliphatic rings. The van der Waals surface area contributed by atoms with Crippen molar-refractivity contribution in [2.75, 3.05) is 5.75 Å². The SMILES string of the molecule is NC(N=NC1CCSc2ccc(Cl)cc21)=Nc1cccc(Br)c1. The van der Waals surface area contributed by atoms with Crippen LogP contribution in [0.25, 0.3) is 0 Å². The quantitative estimate of drug-likeness (QED) is 0.390. The van der Waals surface area contributed by atoms with E-state index in [1.54, 1.807) is 0 Å². The van der Waals surface area contributed by atoms with E-state index < -0.39 is 0 Å². The van der Waals surface area contributed by atoms with Crippen LogP contribution in [0.4, 0.5) is 5.69 Å². The Kier molecular flexibility index (Phi) is 5.35. The summed E-state index contributed by atoms with van der Waals surface area (Å²) in [6.45, 7) is 0. The van der Waals surface area contributed by atoms with Crippen LogP contribution in [0.5, 0.6) is 0 Å². The largest absolute Gasteiger partial charge is 0.366 e. The van der Waals surface area contributed by atoms with Gasteiger partial charge in [-0.3, -0.25) is 0 Å². The maximum absolute atomic E-state index is 6.09. The third-order valence-electron chi connectivity index (χ3n) is 3.33. The number of azo groups is 1. The van der Waals surface area contributed by atoms with Gasteiger partial charge in [-0.05, 0) is 48.4 Å². The van der Waals surface area contributed by atoms with Gasteiger partial charge >= 0.3 is 0 Å². The average molecular weight is 410 g/mol. The second-order valence-electron chi connectivity index (χ2n) is 5.00. The predicted octanol–water partition coefficient (Wildman–Crippen LogP) is 5.74. The third-order valence-corrected chi connectivity index (χ3v) is 5.18. The van der Waals surface area contributed by atoms with Gasteiger partial charge in [-0.1, -0.05) is 33.6 Å². The molecule has 0 radical (unpaired) electrons. The number of hydrogen-bond acceptors (Lipinski definition) is 3. The fourth-order valence-electron chi connectivity index (χ4n) is 2.30. The first kappa shape index (κ1) is 16.5. The number of hydrogen-bond donors (Lipinski definition) is 1. The van der Waals surface area contributed by atoms with Crippen molar-refractivity contribution in [3.63, 3.8) is 0 Å². The number of halogens is 2. The van der Waals surface area contributed by atoms with Crippen LogP contribution >= 0.6 is 39.3 Å². The fraction of sp³-hybridized carbons (Fsp3) is 0.188. The number of thioether (sulfide) groups is 1. The molecule has 0 aliphatic carbocycles. The molecular formula is C16H14BrClN4S. The molecule has 1 unspecified atom stereocenters. The van der Waals surface area contributed by atoms with E-state index in [2.05, 4.69) is 31.2 Å². The molecule has 118 valence electrons. The first-order chi connectivity index (χ1) is 11.1. The maximum Gasteiger partial charge on any atom is 0.240 e. The fourth-order valence-corrected chi connectivity index (χ4v) is 3.95. The molecule has 23 heavy (non-hydrogen) atoms. The van der Waals surface area contributed by atoms with Crippen molar-refractivity contribution in [2.45, 2.75) is 17.4 Å². The van der Waals surface area contributed by atoms with Crippen LogP contribution in [-0.2, 0) is 0 Å². The summed E-state index contributed by atoms with van der Waals surface area (Å²) in [5.74, 6) is 1.14. The highest BCUT2D eigenvalue weighted by Gasteiger charge is 2.20. The Balaban J connectivity index is 1.80. The summed E-state index contributed by atoms with van der Waals surface area (Å²) in [6.07, 6.45) is 0.908. The number of guanidine groups is 1. The molecule has 0 saturated heterocycles. The molecule has 2 aromatic carbocycles. The number of nitrogens with zero attached hydrogens (tertiary/aromatic N) is 3. The minimum atomic E-state index is -0.0267. The van der Waals surface area contributed by atoms with E-state index in [4.69, 9.17) is 17.3 Å². The van der Waals surface area contributed by atoms with E-state index in [1.165, 1.54) is 4.90 Å². The van der Waals surface area contributed by atoms with Crippen molar-refractivity contribution in [3.8, 4) is 0 Å². The second-order valence-corrected chi connectivity index (χ2v) is 7.49. The zero-order chi connectivity index (χ0) is 16.2. The molecule has 0 fully saturated rings. The Hall–Kier alpha value is -1.37. The Bertz CT molecular complexity index is 778. The summed E-state index contributed by atoms with van der Waals surface area (Å²) in [4.78, 5) is 5.45. The van der Waals surface area contributed by atoms with Crippen LogP contribution in [-0.4, -0.2) is 11.7 Å². The zero-order valence-electron chi connectivity index (χ0n) is 12.1. The minimum absolute atomic E-state index is 0.0267. The molecule has 7 heteroatoms. The van der Waals surface area contributed by atoms with Gasteiger partial charge in [0.25, 0.3) is 0 Å². The molecule has 0 amide bonds. The first-order valence-electron chi connectivity index (χ1n) is 7.04. The summed E-state index contributed by atoms with van der Waals surface area (Å²) in [5, 5.41) is 9.17. The Morgan fingerprint density at radius 2 is 2.13 bits per heavy atom. The number of aliphatic imine (C=N–C) groups is 1. The van der Waals surface area contributed by atoms with Gasteiger partial charge in [-0.15, -0.1) is 16.9 Å². The number of fused-ring (bicyclic) bond motifs is 1. The van der Waals surface area contributed by atoms with Crippen LogP contribution in [0.3, 0.4) is 0 Å². The number of nitrogens with two attached hydrogens (primary N) is 1. The predicted molar refractivity (Wildman–Crippen MR) is 99.8 cm³/mol. The standard InChI is InChI=1S/C16H14BrClN4S/c17-10-2-1-3-12(8-10)20-16(19)22-21-14-6-7-23-15-5-4-11(18)9-13(14)15/h1-5,8-9,14H,6-7H2,(H2,19,20). The number of rotatable bonds is 2. The molecule has 4 nitrogen and oxygen atoms in total. The van der Waals surface area contributed by atoms with Gasteiger partial charge in [0.1, 0.15) is 0 Å². The van der Waals surface area contributed by atoms with Gasteiger partial charge in [-0.2, -0.15) is 5.11 Å². The van der Waals surface area contributed by atoms with Crippen LogP contribution < -0.4 is 5.73 Å². The van der Waals surface area contributed by atoms with Gasteiger partial charge in [-0.25, -0.2) is 4.99 Å². The van der Waals surface area contributed by atoms with Crippen molar-refractivity contribution < 1.29 is 0 Å². The van der Waals surface area contributed by atoms with Gasteiger partial charge in [0.05, 0.1) is 11.7 Å². The Morgan fingerprint density at radius 3 is 2.96 bits per heavy atom. The highest BCUT2D eigenvalue weighted by Crippen LogP contribution is 2.39. The van der Waals surface area contributed by atoms with Crippen molar-refractivity contribution >= 4 is 50.9 Å². The summed E-state index contributed by atoms with van der Waals surface area (Å²) in [6, 6.07) is 13.4. The summed E-state index contributed by atoms with van der Waals surface area (Å²) < 4.78 is 0.941. The molecule has 0 aromatic heterocycles. The molecule has 0 saturated carbocycles. The smallest absolute Gasteiger partial charge is 0.240 e. The van der Waals surface area contributed by atoms with Crippen molar-refractivity contribution in [3.05, 3.63) is 57.5 Å². The molecule has 0 spiro atoms. The lowest BCUT2D eigenvalue weighted by Gasteiger charge is -2.21. The molecule has 2 N–H and O–H groups in total. The first-order valence-corrected chi connectivity index (χ1v) is 9.20. The van der Waals surface area contributed by atoms with Gasteiger partial charge in [0.15, 0.2) is 0 Å². The molecule has 3 rings (SSSR count). The van der Waals surface area contributed by atoms with Gasteiger partial charge in [0.2, 0.25) is 5.96 Å². The molecule has 1 heterocycles. The van der Waals surface area contributed by atoms with Gasteiger partial charge < -0.3 is 5.73 Å².